The van der Waals surface area contributed by atoms with Crippen molar-refractivity contribution in [2.75, 3.05) is 5.32 Å². The van der Waals surface area contributed by atoms with E-state index in [-0.39, 0.29) is 23.3 Å². The van der Waals surface area contributed by atoms with Gasteiger partial charge >= 0.3 is 11.4 Å². The van der Waals surface area contributed by atoms with E-state index >= 15 is 0 Å². The average molecular weight is 728 g/mol. The van der Waals surface area contributed by atoms with E-state index in [0.717, 1.165) is 39.4 Å². The Bertz CT molecular complexity index is 2550. The van der Waals surface area contributed by atoms with E-state index in [1.54, 1.807) is 23.2 Å². The van der Waals surface area contributed by atoms with E-state index in [4.69, 9.17) is 9.05 Å². The molecule has 5 heterocycles. The second-order valence-electron chi connectivity index (χ2n) is 12.7. The molecule has 14 nitrogen and oxygen atoms in total. The number of hydrogen-bond acceptors (Lipinski definition) is 8. The standard InChI is InChI=1S/C21H20N4O3.C16H17N3O.C3H4N2O/c1-12-19(13(2)28-24-12)16-9-17(22-14(3)26)20-18(10-16)25(21(27)23-20)11-15-7-5-4-6-8-15;1-11-16(13(3)20-18-11)15-7-5-4-6-14(15)12(2)19-9-8-17-10-19;6-3-4-1-2-5-3/h4-10H,11H2,1-3H3,(H,22,26)(H,23,27);4-10,12H,1-3H3;1-2H,(H2,4,5,6). The lowest BCUT2D eigenvalue weighted by Crippen LogP contribution is -2.17. The summed E-state index contributed by atoms with van der Waals surface area (Å²) < 4.78 is 14.4. The number of rotatable bonds is 7. The molecule has 0 fully saturated rings. The Balaban J connectivity index is 0.000000166. The summed E-state index contributed by atoms with van der Waals surface area (Å²) >= 11 is 0. The molecule has 1 atom stereocenters. The highest BCUT2D eigenvalue weighted by Gasteiger charge is 2.20. The van der Waals surface area contributed by atoms with Crippen molar-refractivity contribution in [1.82, 2.24) is 39.4 Å². The van der Waals surface area contributed by atoms with Crippen LogP contribution in [0.2, 0.25) is 0 Å². The number of aryl methyl sites for hydroxylation is 4. The minimum Gasteiger partial charge on any atom is -0.361 e. The van der Waals surface area contributed by atoms with Crippen LogP contribution in [0.1, 0.15) is 53.9 Å². The third-order valence-corrected chi connectivity index (χ3v) is 8.90. The van der Waals surface area contributed by atoms with Crippen molar-refractivity contribution in [1.29, 1.82) is 0 Å². The molecular weight excluding hydrogens is 686 g/mol. The number of amides is 1. The third-order valence-electron chi connectivity index (χ3n) is 8.90. The first kappa shape index (κ1) is 36.8. The lowest BCUT2D eigenvalue weighted by atomic mass is 9.94. The zero-order chi connectivity index (χ0) is 38.4. The lowest BCUT2D eigenvalue weighted by Gasteiger charge is -2.17. The Kier molecular flexibility index (Phi) is 11.0. The molecule has 5 aromatic heterocycles. The van der Waals surface area contributed by atoms with Gasteiger partial charge in [-0.25, -0.2) is 14.6 Å². The molecule has 0 spiro atoms. The number of aromatic nitrogens is 8. The van der Waals surface area contributed by atoms with Crippen molar-refractivity contribution >= 4 is 22.6 Å². The predicted octanol–water partition coefficient (Wildman–Crippen LogP) is 7.08. The second kappa shape index (κ2) is 16.2. The SMILES string of the molecule is CC(=O)Nc1cc(-c2c(C)noc2C)cc2c1[nH]c(=O)n2Cc1ccccc1.Cc1noc(C)c1-c1ccccc1C(C)n1ccnc1.O=c1[nH]cc[nH]1. The summed E-state index contributed by atoms with van der Waals surface area (Å²) in [4.78, 5) is 46.1. The Hall–Kier alpha value is -6.96. The molecule has 0 aliphatic rings. The first-order valence-corrected chi connectivity index (χ1v) is 17.2. The largest absolute Gasteiger partial charge is 0.361 e. The van der Waals surface area contributed by atoms with Crippen LogP contribution in [0.25, 0.3) is 33.3 Å². The number of carbonyl (C=O) groups is 1. The van der Waals surface area contributed by atoms with Crippen molar-refractivity contribution in [3.63, 3.8) is 0 Å². The molecule has 14 heteroatoms. The molecule has 1 unspecified atom stereocenters. The molecule has 3 aromatic carbocycles. The number of fused-ring (bicyclic) bond motifs is 1. The molecule has 8 rings (SSSR count). The summed E-state index contributed by atoms with van der Waals surface area (Å²) in [5, 5.41) is 10.9. The van der Waals surface area contributed by atoms with E-state index < -0.39 is 0 Å². The summed E-state index contributed by atoms with van der Waals surface area (Å²) in [5.41, 5.74) is 9.31. The number of anilines is 1. The lowest BCUT2D eigenvalue weighted by molar-refractivity contribution is -0.114. The number of imidazole rings is 3. The quantitative estimate of drug-likeness (QED) is 0.134. The zero-order valence-electron chi connectivity index (χ0n) is 30.8. The molecule has 4 N–H and O–H groups in total. The van der Waals surface area contributed by atoms with Gasteiger partial charge < -0.3 is 33.9 Å². The molecule has 276 valence electrons. The maximum absolute atomic E-state index is 12.7. The third kappa shape index (κ3) is 8.07. The van der Waals surface area contributed by atoms with Crippen molar-refractivity contribution in [3.05, 3.63) is 153 Å². The molecule has 8 aromatic rings. The van der Waals surface area contributed by atoms with Gasteiger partial charge in [0.15, 0.2) is 0 Å². The maximum atomic E-state index is 12.7. The second-order valence-corrected chi connectivity index (χ2v) is 12.7. The van der Waals surface area contributed by atoms with Gasteiger partial charge in [-0.2, -0.15) is 0 Å². The Labute approximate surface area is 309 Å². The van der Waals surface area contributed by atoms with Gasteiger partial charge in [-0.1, -0.05) is 64.9 Å². The topological polar surface area (TPSA) is 185 Å². The van der Waals surface area contributed by atoms with Gasteiger partial charge in [0.05, 0.1) is 47.0 Å². The summed E-state index contributed by atoms with van der Waals surface area (Å²) in [6.07, 6.45) is 8.71. The summed E-state index contributed by atoms with van der Waals surface area (Å²) in [7, 11) is 0. The molecule has 0 aliphatic carbocycles. The van der Waals surface area contributed by atoms with Crippen LogP contribution in [0.4, 0.5) is 5.69 Å². The molecular formula is C40H41N9O5. The van der Waals surface area contributed by atoms with E-state index in [1.807, 2.05) is 88.8 Å². The first-order chi connectivity index (χ1) is 26.0. The van der Waals surface area contributed by atoms with Crippen molar-refractivity contribution in [3.8, 4) is 22.3 Å². The smallest absolute Gasteiger partial charge is 0.326 e. The van der Waals surface area contributed by atoms with Crippen molar-refractivity contribution in [2.45, 2.75) is 54.1 Å². The summed E-state index contributed by atoms with van der Waals surface area (Å²) in [6, 6.07) is 22.1. The summed E-state index contributed by atoms with van der Waals surface area (Å²) in [5.74, 6) is 1.32. The number of nitrogens with one attached hydrogen (secondary N) is 4. The number of H-pyrrole nitrogens is 3. The molecule has 1 amide bonds. The molecule has 0 saturated heterocycles. The number of carbonyl (C=O) groups excluding carboxylic acids is 1. The number of benzene rings is 3. The monoisotopic (exact) mass is 727 g/mol. The van der Waals surface area contributed by atoms with Crippen LogP contribution >= 0.6 is 0 Å². The number of hydrogen-bond donors (Lipinski definition) is 4. The van der Waals surface area contributed by atoms with Crippen molar-refractivity contribution in [2.24, 2.45) is 0 Å². The Morgan fingerprint density at radius 3 is 2.09 bits per heavy atom. The Morgan fingerprint density at radius 2 is 1.52 bits per heavy atom. The fourth-order valence-electron chi connectivity index (χ4n) is 6.40. The van der Waals surface area contributed by atoms with Gasteiger partial charge in [-0.05, 0) is 69.0 Å². The first-order valence-electron chi connectivity index (χ1n) is 17.2. The predicted molar refractivity (Wildman–Crippen MR) is 206 cm³/mol. The van der Waals surface area contributed by atoms with Crippen LogP contribution in [-0.4, -0.2) is 45.3 Å². The summed E-state index contributed by atoms with van der Waals surface area (Å²) in [6.45, 7) is 11.7. The van der Waals surface area contributed by atoms with Crippen LogP contribution in [0, 0.1) is 27.7 Å². The molecule has 0 radical (unpaired) electrons. The highest BCUT2D eigenvalue weighted by molar-refractivity contribution is 6.01. The van der Waals surface area contributed by atoms with Crippen LogP contribution in [0.5, 0.6) is 0 Å². The van der Waals surface area contributed by atoms with E-state index in [0.29, 0.717) is 29.0 Å². The van der Waals surface area contributed by atoms with Gasteiger partial charge in [0.2, 0.25) is 5.91 Å². The zero-order valence-corrected chi connectivity index (χ0v) is 30.8. The van der Waals surface area contributed by atoms with E-state index in [9.17, 15) is 14.4 Å². The van der Waals surface area contributed by atoms with Crippen LogP contribution < -0.4 is 16.7 Å². The van der Waals surface area contributed by atoms with Gasteiger partial charge in [-0.3, -0.25) is 9.36 Å². The van der Waals surface area contributed by atoms with E-state index in [2.05, 4.69) is 65.3 Å². The molecule has 0 bridgehead atoms. The van der Waals surface area contributed by atoms with Gasteiger partial charge in [0.25, 0.3) is 0 Å². The molecule has 0 saturated carbocycles. The number of nitrogens with zero attached hydrogens (tertiary/aromatic N) is 5. The highest BCUT2D eigenvalue weighted by atomic mass is 16.5. The van der Waals surface area contributed by atoms with Crippen molar-refractivity contribution < 1.29 is 13.8 Å². The van der Waals surface area contributed by atoms with Crippen LogP contribution in [-0.2, 0) is 11.3 Å². The maximum Gasteiger partial charge on any atom is 0.326 e. The van der Waals surface area contributed by atoms with E-state index in [1.165, 1.54) is 18.1 Å². The fraction of sp³-hybridized carbons (Fsp3) is 0.200. The van der Waals surface area contributed by atoms with Crippen LogP contribution in [0.3, 0.4) is 0 Å². The van der Waals surface area contributed by atoms with Gasteiger partial charge in [0.1, 0.15) is 11.5 Å². The average Bonchev–Trinajstić information content (AvgIpc) is 4.01. The minimum atomic E-state index is -0.235. The normalized spacial score (nSPS) is 11.4. The molecule has 0 aliphatic heterocycles. The Morgan fingerprint density at radius 1 is 0.870 bits per heavy atom. The number of aromatic amines is 3. The minimum absolute atomic E-state index is 0.157. The highest BCUT2D eigenvalue weighted by Crippen LogP contribution is 2.35. The van der Waals surface area contributed by atoms with Crippen LogP contribution in [0.15, 0.2) is 116 Å². The molecule has 54 heavy (non-hydrogen) atoms. The fourth-order valence-corrected chi connectivity index (χ4v) is 6.40. The van der Waals surface area contributed by atoms with Gasteiger partial charge in [-0.15, -0.1) is 0 Å². The van der Waals surface area contributed by atoms with Gasteiger partial charge in [0, 0.05) is 42.8 Å².